The molecule has 1 rings (SSSR count). The fraction of sp³-hybridized carbons (Fsp3) is 0.921. The van der Waals surface area contributed by atoms with E-state index >= 15 is 0 Å². The van der Waals surface area contributed by atoms with Gasteiger partial charge < -0.3 is 45.4 Å². The monoisotopic (exact) mass is 688 g/mol. The van der Waals surface area contributed by atoms with Crippen LogP contribution in [0.1, 0.15) is 162 Å². The normalized spacial score (nSPS) is 23.4. The van der Waals surface area contributed by atoms with E-state index in [-0.39, 0.29) is 6.61 Å². The van der Waals surface area contributed by atoms with Crippen molar-refractivity contribution in [2.75, 3.05) is 13.2 Å². The first-order valence-corrected chi connectivity index (χ1v) is 19.5. The summed E-state index contributed by atoms with van der Waals surface area (Å²) >= 11 is 0. The molecule has 1 aliphatic rings. The van der Waals surface area contributed by atoms with Crippen LogP contribution >= 0.6 is 0 Å². The van der Waals surface area contributed by atoms with E-state index in [9.17, 15) is 35.4 Å². The molecular weight excluding hydrogens is 614 g/mol. The van der Waals surface area contributed by atoms with E-state index in [1.54, 1.807) is 6.08 Å². The number of ether oxygens (including phenoxy) is 2. The van der Waals surface area contributed by atoms with Crippen molar-refractivity contribution in [3.8, 4) is 0 Å². The van der Waals surface area contributed by atoms with E-state index in [1.165, 1.54) is 96.3 Å². The van der Waals surface area contributed by atoms with Crippen molar-refractivity contribution < 1.29 is 44.9 Å². The highest BCUT2D eigenvalue weighted by Gasteiger charge is 2.44. The number of hydrogen-bond acceptors (Lipinski definition) is 9. The van der Waals surface area contributed by atoms with Crippen molar-refractivity contribution >= 4 is 5.91 Å². The first-order chi connectivity index (χ1) is 23.3. The molecule has 0 aromatic heterocycles. The second-order valence-electron chi connectivity index (χ2n) is 13.9. The van der Waals surface area contributed by atoms with Gasteiger partial charge in [-0.25, -0.2) is 0 Å². The molecule has 7 N–H and O–H groups in total. The maximum atomic E-state index is 12.9. The van der Waals surface area contributed by atoms with Crippen LogP contribution in [0.3, 0.4) is 0 Å². The van der Waals surface area contributed by atoms with Crippen molar-refractivity contribution in [2.45, 2.75) is 210 Å². The van der Waals surface area contributed by atoms with Crippen molar-refractivity contribution in [3.63, 3.8) is 0 Å². The molecule has 8 unspecified atom stereocenters. The number of aliphatic hydroxyl groups is 6. The van der Waals surface area contributed by atoms with Gasteiger partial charge in [-0.05, 0) is 19.3 Å². The van der Waals surface area contributed by atoms with Gasteiger partial charge in [0, 0.05) is 0 Å². The molecule has 0 spiro atoms. The molecule has 1 aliphatic heterocycles. The van der Waals surface area contributed by atoms with E-state index in [0.29, 0.717) is 6.42 Å². The first kappa shape index (κ1) is 44.9. The molecule has 10 heteroatoms. The molecule has 1 amide bonds. The van der Waals surface area contributed by atoms with Crippen LogP contribution in [0.5, 0.6) is 0 Å². The molecule has 0 bridgehead atoms. The number of rotatable bonds is 31. The molecule has 10 nitrogen and oxygen atoms in total. The fourth-order valence-corrected chi connectivity index (χ4v) is 6.16. The maximum Gasteiger partial charge on any atom is 0.249 e. The lowest BCUT2D eigenvalue weighted by atomic mass is 9.99. The standard InChI is InChI=1S/C38H73NO9/c1-3-5-7-9-11-13-15-17-19-21-23-25-27-32(42)37(46)39-30(29-47-38-36(45)35(44)34(43)33(28-40)48-38)31(41)26-24-22-20-18-16-14-12-10-8-6-4-2/h24,26,30-36,38,40-45H,3-23,25,27-29H2,1-2H3,(H,39,46)/b26-24+. The number of unbranched alkanes of at least 4 members (excludes halogenated alkanes) is 20. The minimum atomic E-state index is -1.60. The number of hydrogen-bond donors (Lipinski definition) is 7. The van der Waals surface area contributed by atoms with Gasteiger partial charge in [0.25, 0.3) is 0 Å². The number of carbonyl (C=O) groups is 1. The maximum absolute atomic E-state index is 12.9. The predicted octanol–water partition coefficient (Wildman–Crippen LogP) is 5.58. The summed E-state index contributed by atoms with van der Waals surface area (Å²) in [7, 11) is 0. The Morgan fingerprint density at radius 1 is 0.708 bits per heavy atom. The molecule has 0 saturated carbocycles. The number of nitrogens with one attached hydrogen (secondary N) is 1. The van der Waals surface area contributed by atoms with Gasteiger partial charge in [-0.15, -0.1) is 0 Å². The van der Waals surface area contributed by atoms with Crippen molar-refractivity contribution in [1.29, 1.82) is 0 Å². The second-order valence-corrected chi connectivity index (χ2v) is 13.9. The highest BCUT2D eigenvalue weighted by Crippen LogP contribution is 2.22. The third kappa shape index (κ3) is 20.5. The van der Waals surface area contributed by atoms with E-state index in [4.69, 9.17) is 9.47 Å². The van der Waals surface area contributed by atoms with Crippen LogP contribution in [0.25, 0.3) is 0 Å². The lowest BCUT2D eigenvalue weighted by molar-refractivity contribution is -0.302. The summed E-state index contributed by atoms with van der Waals surface area (Å²) in [5, 5.41) is 64.2. The van der Waals surface area contributed by atoms with Crippen molar-refractivity contribution in [1.82, 2.24) is 5.32 Å². The predicted molar refractivity (Wildman–Crippen MR) is 190 cm³/mol. The van der Waals surface area contributed by atoms with Crippen LogP contribution in [0.4, 0.5) is 0 Å². The highest BCUT2D eigenvalue weighted by molar-refractivity contribution is 5.80. The van der Waals surface area contributed by atoms with Crippen molar-refractivity contribution in [3.05, 3.63) is 12.2 Å². The van der Waals surface area contributed by atoms with Crippen LogP contribution in [-0.4, -0.2) is 98.7 Å². The van der Waals surface area contributed by atoms with Crippen LogP contribution in [0, 0.1) is 0 Å². The van der Waals surface area contributed by atoms with Gasteiger partial charge in [-0.3, -0.25) is 4.79 Å². The minimum absolute atomic E-state index is 0.302. The smallest absolute Gasteiger partial charge is 0.249 e. The summed E-state index contributed by atoms with van der Waals surface area (Å²) in [6, 6.07) is -0.971. The number of aliphatic hydroxyl groups excluding tert-OH is 6. The van der Waals surface area contributed by atoms with Crippen molar-refractivity contribution in [2.24, 2.45) is 0 Å². The molecular formula is C38H73NO9. The van der Waals surface area contributed by atoms with Gasteiger partial charge >= 0.3 is 0 Å². The summed E-state index contributed by atoms with van der Waals surface area (Å²) in [4.78, 5) is 12.9. The SMILES string of the molecule is CCCCCCCCCCC/C=C/C(O)C(COC1OC(CO)C(O)C(O)C1O)NC(=O)C(O)CCCCCCCCCCCCCC. The summed E-state index contributed by atoms with van der Waals surface area (Å²) < 4.78 is 11.1. The van der Waals surface area contributed by atoms with E-state index in [1.807, 2.05) is 6.08 Å². The third-order valence-electron chi connectivity index (χ3n) is 9.47. The molecule has 0 aromatic rings. The number of allylic oxidation sites excluding steroid dienone is 1. The lowest BCUT2D eigenvalue weighted by Crippen LogP contribution is -2.60. The molecule has 8 atom stereocenters. The summed E-state index contributed by atoms with van der Waals surface area (Å²) in [5.74, 6) is -0.619. The summed E-state index contributed by atoms with van der Waals surface area (Å²) in [6.45, 7) is 3.55. The molecule has 1 saturated heterocycles. The Balaban J connectivity index is 2.52. The molecule has 0 radical (unpaired) electrons. The van der Waals surface area contributed by atoms with Gasteiger partial charge in [0.05, 0.1) is 25.4 Å². The van der Waals surface area contributed by atoms with E-state index in [2.05, 4.69) is 19.2 Å². The fourth-order valence-electron chi connectivity index (χ4n) is 6.16. The Labute approximate surface area is 291 Å². The minimum Gasteiger partial charge on any atom is -0.394 e. The zero-order chi connectivity index (χ0) is 35.4. The number of carbonyl (C=O) groups excluding carboxylic acids is 1. The van der Waals surface area contributed by atoms with Gasteiger partial charge in [0.1, 0.15) is 30.5 Å². The van der Waals surface area contributed by atoms with Crippen LogP contribution < -0.4 is 5.32 Å². The molecule has 0 aliphatic carbocycles. The van der Waals surface area contributed by atoms with Crippen LogP contribution in [0.2, 0.25) is 0 Å². The molecule has 48 heavy (non-hydrogen) atoms. The Morgan fingerprint density at radius 2 is 1.19 bits per heavy atom. The molecule has 1 heterocycles. The topological polar surface area (TPSA) is 169 Å². The second kappa shape index (κ2) is 29.6. The van der Waals surface area contributed by atoms with Gasteiger partial charge in [0.2, 0.25) is 5.91 Å². The average Bonchev–Trinajstić information content (AvgIpc) is 3.08. The van der Waals surface area contributed by atoms with Gasteiger partial charge in [-0.2, -0.15) is 0 Å². The zero-order valence-electron chi connectivity index (χ0n) is 30.4. The van der Waals surface area contributed by atoms with Crippen LogP contribution in [-0.2, 0) is 14.3 Å². The average molecular weight is 688 g/mol. The highest BCUT2D eigenvalue weighted by atomic mass is 16.7. The Hall–Kier alpha value is -1.11. The Kier molecular flexibility index (Phi) is 27.7. The zero-order valence-corrected chi connectivity index (χ0v) is 30.4. The molecule has 284 valence electrons. The quantitative estimate of drug-likeness (QED) is 0.0364. The lowest BCUT2D eigenvalue weighted by Gasteiger charge is -2.40. The van der Waals surface area contributed by atoms with Crippen LogP contribution in [0.15, 0.2) is 12.2 Å². The number of amides is 1. The largest absolute Gasteiger partial charge is 0.394 e. The summed E-state index contributed by atoms with van der Waals surface area (Å²) in [6.07, 6.45) is 20.2. The van der Waals surface area contributed by atoms with E-state index in [0.717, 1.165) is 44.9 Å². The molecule has 0 aromatic carbocycles. The Morgan fingerprint density at radius 3 is 1.69 bits per heavy atom. The summed E-state index contributed by atoms with van der Waals surface area (Å²) in [5.41, 5.74) is 0. The Bertz CT molecular complexity index is 783. The third-order valence-corrected chi connectivity index (χ3v) is 9.47. The first-order valence-electron chi connectivity index (χ1n) is 19.5. The molecule has 1 fully saturated rings. The van der Waals surface area contributed by atoms with E-state index < -0.39 is 61.5 Å². The van der Waals surface area contributed by atoms with Gasteiger partial charge in [-0.1, -0.05) is 154 Å². The van der Waals surface area contributed by atoms with Gasteiger partial charge in [0.15, 0.2) is 6.29 Å².